The van der Waals surface area contributed by atoms with Gasteiger partial charge in [0.25, 0.3) is 0 Å². The number of hydrogen-bond acceptors (Lipinski definition) is 3. The van der Waals surface area contributed by atoms with Crippen LogP contribution in [0, 0.1) is 0 Å². The van der Waals surface area contributed by atoms with Gasteiger partial charge in [-0.15, -0.1) is 0 Å². The summed E-state index contributed by atoms with van der Waals surface area (Å²) in [6.07, 6.45) is 5.36. The lowest BCUT2D eigenvalue weighted by Crippen LogP contribution is -1.84. The van der Waals surface area contributed by atoms with E-state index in [2.05, 4.69) is 9.98 Å². The summed E-state index contributed by atoms with van der Waals surface area (Å²) >= 11 is 5.91. The highest BCUT2D eigenvalue weighted by Gasteiger charge is 2.14. The molecule has 0 amide bonds. The van der Waals surface area contributed by atoms with Crippen LogP contribution in [-0.4, -0.2) is 15.6 Å². The number of hydrogen-bond donors (Lipinski definition) is 0. The van der Waals surface area contributed by atoms with Gasteiger partial charge in [-0.2, -0.15) is 0 Å². The number of nitrogens with zero attached hydrogens (tertiary/aromatic N) is 3. The third kappa shape index (κ3) is 2.64. The Morgan fingerprint density at radius 1 is 1.04 bits per heavy atom. The van der Waals surface area contributed by atoms with Crippen LogP contribution in [0.2, 0.25) is 5.02 Å². The van der Waals surface area contributed by atoms with Crippen molar-refractivity contribution in [2.45, 2.75) is 0 Å². The van der Waals surface area contributed by atoms with Crippen LogP contribution in [0.15, 0.2) is 76.5 Å². The SMILES string of the molecule is Clc1ccc(C=Nc2c(-c3ccco3)nc3ccccn23)cc1. The lowest BCUT2D eigenvalue weighted by molar-refractivity contribution is 0.580. The lowest BCUT2D eigenvalue weighted by Gasteiger charge is -1.98. The first-order chi connectivity index (χ1) is 11.3. The van der Waals surface area contributed by atoms with Crippen molar-refractivity contribution >= 4 is 29.3 Å². The average molecular weight is 322 g/mol. The first kappa shape index (κ1) is 13.8. The molecule has 112 valence electrons. The molecule has 0 aliphatic carbocycles. The Kier molecular flexibility index (Phi) is 3.44. The molecule has 4 rings (SSSR count). The summed E-state index contributed by atoms with van der Waals surface area (Å²) in [5, 5.41) is 0.702. The molecule has 23 heavy (non-hydrogen) atoms. The van der Waals surface area contributed by atoms with E-state index in [1.54, 1.807) is 12.5 Å². The number of furan rings is 1. The second-order valence-electron chi connectivity index (χ2n) is 5.00. The Bertz CT molecular complexity index is 969. The van der Waals surface area contributed by atoms with E-state index in [-0.39, 0.29) is 0 Å². The molecule has 5 heteroatoms. The van der Waals surface area contributed by atoms with Crippen molar-refractivity contribution in [2.75, 3.05) is 0 Å². The van der Waals surface area contributed by atoms with Crippen molar-refractivity contribution in [1.29, 1.82) is 0 Å². The predicted octanol–water partition coefficient (Wildman–Crippen LogP) is 5.00. The van der Waals surface area contributed by atoms with E-state index in [9.17, 15) is 0 Å². The van der Waals surface area contributed by atoms with Crippen LogP contribution in [0.5, 0.6) is 0 Å². The lowest BCUT2D eigenvalue weighted by atomic mass is 10.2. The minimum absolute atomic E-state index is 0.692. The molecule has 0 fully saturated rings. The highest BCUT2D eigenvalue weighted by Crippen LogP contribution is 2.31. The first-order valence-electron chi connectivity index (χ1n) is 7.12. The van der Waals surface area contributed by atoms with E-state index < -0.39 is 0 Å². The summed E-state index contributed by atoms with van der Waals surface area (Å²) < 4.78 is 7.43. The molecule has 4 aromatic rings. The summed E-state index contributed by atoms with van der Waals surface area (Å²) in [6, 6.07) is 17.1. The molecule has 4 nitrogen and oxygen atoms in total. The molecule has 0 saturated carbocycles. The maximum atomic E-state index is 5.91. The Morgan fingerprint density at radius 2 is 1.91 bits per heavy atom. The van der Waals surface area contributed by atoms with Gasteiger partial charge in [-0.3, -0.25) is 4.40 Å². The molecule has 0 spiro atoms. The number of pyridine rings is 1. The normalized spacial score (nSPS) is 11.5. The number of halogens is 1. The molecule has 0 aliphatic rings. The zero-order valence-corrected chi connectivity index (χ0v) is 12.8. The van der Waals surface area contributed by atoms with Crippen LogP contribution >= 0.6 is 11.6 Å². The minimum atomic E-state index is 0.692. The smallest absolute Gasteiger partial charge is 0.168 e. The fourth-order valence-corrected chi connectivity index (χ4v) is 2.50. The molecule has 3 aromatic heterocycles. The minimum Gasteiger partial charge on any atom is -0.463 e. The quantitative estimate of drug-likeness (QED) is 0.498. The number of fused-ring (bicyclic) bond motifs is 1. The highest BCUT2D eigenvalue weighted by atomic mass is 35.5. The second kappa shape index (κ2) is 5.74. The van der Waals surface area contributed by atoms with Gasteiger partial charge in [0, 0.05) is 17.4 Å². The average Bonchev–Trinajstić information content (AvgIpc) is 3.22. The van der Waals surface area contributed by atoms with Gasteiger partial charge >= 0.3 is 0 Å². The van der Waals surface area contributed by atoms with Gasteiger partial charge in [0.05, 0.1) is 6.26 Å². The maximum Gasteiger partial charge on any atom is 0.168 e. The molecule has 3 heterocycles. The van der Waals surface area contributed by atoms with E-state index in [0.29, 0.717) is 16.5 Å². The Labute approximate surface area is 137 Å². The Morgan fingerprint density at radius 3 is 2.70 bits per heavy atom. The Hall–Kier alpha value is -2.85. The number of benzene rings is 1. The van der Waals surface area contributed by atoms with Crippen molar-refractivity contribution in [3.05, 3.63) is 77.6 Å². The van der Waals surface area contributed by atoms with Crippen LogP contribution in [0.1, 0.15) is 5.56 Å². The molecule has 1 aromatic carbocycles. The number of aliphatic imine (C=N–C) groups is 1. The highest BCUT2D eigenvalue weighted by molar-refractivity contribution is 6.30. The van der Waals surface area contributed by atoms with Gasteiger partial charge < -0.3 is 4.42 Å². The summed E-state index contributed by atoms with van der Waals surface area (Å²) in [5.74, 6) is 1.42. The van der Waals surface area contributed by atoms with Crippen LogP contribution < -0.4 is 0 Å². The number of rotatable bonds is 3. The van der Waals surface area contributed by atoms with Crippen LogP contribution in [0.3, 0.4) is 0 Å². The molecule has 0 aliphatic heterocycles. The van der Waals surface area contributed by atoms with Gasteiger partial charge in [-0.25, -0.2) is 9.98 Å². The number of aromatic nitrogens is 2. The Balaban J connectivity index is 1.84. The van der Waals surface area contributed by atoms with Gasteiger partial charge in [-0.05, 0) is 42.0 Å². The maximum absolute atomic E-state index is 5.91. The molecule has 0 atom stereocenters. The second-order valence-corrected chi connectivity index (χ2v) is 5.44. The zero-order valence-electron chi connectivity index (χ0n) is 12.1. The summed E-state index contributed by atoms with van der Waals surface area (Å²) in [5.41, 5.74) is 2.50. The van der Waals surface area contributed by atoms with E-state index >= 15 is 0 Å². The zero-order chi connectivity index (χ0) is 15.6. The fourth-order valence-electron chi connectivity index (χ4n) is 2.37. The van der Waals surface area contributed by atoms with Crippen molar-refractivity contribution < 1.29 is 4.42 Å². The van der Waals surface area contributed by atoms with Crippen LogP contribution in [0.25, 0.3) is 17.1 Å². The van der Waals surface area contributed by atoms with E-state index in [0.717, 1.165) is 17.0 Å². The third-order valence-corrected chi connectivity index (χ3v) is 3.72. The summed E-state index contributed by atoms with van der Waals surface area (Å²) in [6.45, 7) is 0. The van der Waals surface area contributed by atoms with Crippen LogP contribution in [-0.2, 0) is 0 Å². The predicted molar refractivity (Wildman–Crippen MR) is 91.6 cm³/mol. The third-order valence-electron chi connectivity index (χ3n) is 3.47. The van der Waals surface area contributed by atoms with Gasteiger partial charge in [-0.1, -0.05) is 29.8 Å². The molecular formula is C18H12ClN3O. The van der Waals surface area contributed by atoms with Gasteiger partial charge in [0.15, 0.2) is 17.3 Å². The first-order valence-corrected chi connectivity index (χ1v) is 7.50. The van der Waals surface area contributed by atoms with E-state index in [1.807, 2.05) is 65.2 Å². The van der Waals surface area contributed by atoms with Crippen molar-refractivity contribution in [3.8, 4) is 11.5 Å². The van der Waals surface area contributed by atoms with Gasteiger partial charge in [0.1, 0.15) is 5.65 Å². The molecule has 0 bridgehead atoms. The molecule has 0 unspecified atom stereocenters. The van der Waals surface area contributed by atoms with Crippen molar-refractivity contribution in [3.63, 3.8) is 0 Å². The molecular weight excluding hydrogens is 310 g/mol. The van der Waals surface area contributed by atoms with Crippen LogP contribution in [0.4, 0.5) is 5.82 Å². The van der Waals surface area contributed by atoms with Gasteiger partial charge in [0.2, 0.25) is 0 Å². The van der Waals surface area contributed by atoms with Crippen molar-refractivity contribution in [2.24, 2.45) is 4.99 Å². The fraction of sp³-hybridized carbons (Fsp3) is 0. The standard InChI is InChI=1S/C18H12ClN3O/c19-14-8-6-13(7-9-14)12-20-18-17(15-4-3-11-23-15)21-16-5-1-2-10-22(16)18/h1-12H. The number of imidazole rings is 1. The summed E-state index contributed by atoms with van der Waals surface area (Å²) in [4.78, 5) is 9.24. The summed E-state index contributed by atoms with van der Waals surface area (Å²) in [7, 11) is 0. The largest absolute Gasteiger partial charge is 0.463 e. The topological polar surface area (TPSA) is 42.8 Å². The molecule has 0 saturated heterocycles. The van der Waals surface area contributed by atoms with E-state index in [4.69, 9.17) is 16.0 Å². The molecule has 0 radical (unpaired) electrons. The molecule has 0 N–H and O–H groups in total. The van der Waals surface area contributed by atoms with E-state index in [1.165, 1.54) is 0 Å². The monoisotopic (exact) mass is 321 g/mol. The van der Waals surface area contributed by atoms with Crippen molar-refractivity contribution in [1.82, 2.24) is 9.38 Å².